The van der Waals surface area contributed by atoms with Crippen LogP contribution in [-0.2, 0) is 11.3 Å². The molecule has 1 N–H and O–H groups in total. The summed E-state index contributed by atoms with van der Waals surface area (Å²) >= 11 is 13.2. The second-order valence-corrected chi connectivity index (χ2v) is 7.05. The van der Waals surface area contributed by atoms with Crippen molar-refractivity contribution in [3.05, 3.63) is 34.1 Å². The number of benzene rings is 1. The fourth-order valence-electron chi connectivity index (χ4n) is 2.08. The number of halogens is 2. The molecule has 0 aliphatic heterocycles. The molecule has 0 bridgehead atoms. The van der Waals surface area contributed by atoms with Gasteiger partial charge in [-0.05, 0) is 25.1 Å². The number of anilines is 1. The van der Waals surface area contributed by atoms with Gasteiger partial charge in [0.25, 0.3) is 0 Å². The van der Waals surface area contributed by atoms with Crippen LogP contribution in [0.3, 0.4) is 0 Å². The zero-order chi connectivity index (χ0) is 17.0. The predicted molar refractivity (Wildman–Crippen MR) is 95.6 cm³/mol. The Hall–Kier alpha value is -1.24. The number of thioether (sulfide) groups is 1. The molecule has 1 aromatic carbocycles. The van der Waals surface area contributed by atoms with Gasteiger partial charge < -0.3 is 9.88 Å². The molecule has 0 unspecified atom stereocenters. The van der Waals surface area contributed by atoms with Gasteiger partial charge in [-0.3, -0.25) is 4.79 Å². The summed E-state index contributed by atoms with van der Waals surface area (Å²) in [6, 6.07) is 4.92. The molecule has 2 rings (SSSR count). The molecule has 0 saturated heterocycles. The molecule has 1 aromatic heterocycles. The van der Waals surface area contributed by atoms with Gasteiger partial charge in [0.1, 0.15) is 5.82 Å². The third-order valence-electron chi connectivity index (χ3n) is 3.06. The highest BCUT2D eigenvalue weighted by atomic mass is 35.5. The van der Waals surface area contributed by atoms with Crippen molar-refractivity contribution in [2.24, 2.45) is 0 Å². The highest BCUT2D eigenvalue weighted by Gasteiger charge is 2.15. The average molecular weight is 373 g/mol. The first-order valence-electron chi connectivity index (χ1n) is 7.22. The van der Waals surface area contributed by atoms with Crippen LogP contribution in [-0.4, -0.2) is 26.4 Å². The van der Waals surface area contributed by atoms with Gasteiger partial charge in [0, 0.05) is 28.2 Å². The largest absolute Gasteiger partial charge is 0.325 e. The maximum Gasteiger partial charge on any atom is 0.234 e. The van der Waals surface area contributed by atoms with Crippen LogP contribution in [0.1, 0.15) is 32.5 Å². The van der Waals surface area contributed by atoms with E-state index in [1.165, 1.54) is 11.8 Å². The molecule has 5 nitrogen and oxygen atoms in total. The Bertz CT molecular complexity index is 683. The molecular formula is C15H18Cl2N4OS. The van der Waals surface area contributed by atoms with E-state index in [-0.39, 0.29) is 11.7 Å². The number of amides is 1. The number of aromatic nitrogens is 3. The summed E-state index contributed by atoms with van der Waals surface area (Å²) in [6.45, 7) is 6.95. The van der Waals surface area contributed by atoms with Gasteiger partial charge in [0.2, 0.25) is 5.91 Å². The van der Waals surface area contributed by atoms with Gasteiger partial charge in [0.15, 0.2) is 5.16 Å². The van der Waals surface area contributed by atoms with Gasteiger partial charge >= 0.3 is 0 Å². The molecule has 124 valence electrons. The van der Waals surface area contributed by atoms with Crippen LogP contribution < -0.4 is 5.32 Å². The standard InChI is InChI=1S/C15H18Cl2N4OS/c1-4-21-14(9(2)3)19-20-15(21)23-8-13(22)18-12-6-10(16)5-11(17)7-12/h5-7,9H,4,8H2,1-3H3,(H,18,22). The van der Waals surface area contributed by atoms with Gasteiger partial charge in [-0.15, -0.1) is 10.2 Å². The predicted octanol–water partition coefficient (Wildman–Crippen LogP) is 4.46. The number of nitrogens with zero attached hydrogens (tertiary/aromatic N) is 3. The van der Waals surface area contributed by atoms with Crippen molar-refractivity contribution in [3.8, 4) is 0 Å². The molecule has 8 heteroatoms. The Morgan fingerprint density at radius 3 is 2.48 bits per heavy atom. The Morgan fingerprint density at radius 1 is 1.26 bits per heavy atom. The zero-order valence-electron chi connectivity index (χ0n) is 13.1. The lowest BCUT2D eigenvalue weighted by atomic mass is 10.2. The van der Waals surface area contributed by atoms with E-state index in [4.69, 9.17) is 23.2 Å². The van der Waals surface area contributed by atoms with E-state index < -0.39 is 0 Å². The average Bonchev–Trinajstić information content (AvgIpc) is 2.87. The minimum absolute atomic E-state index is 0.148. The molecule has 0 saturated carbocycles. The van der Waals surface area contributed by atoms with Crippen LogP contribution in [0, 0.1) is 0 Å². The molecule has 0 aliphatic carbocycles. The quantitative estimate of drug-likeness (QED) is 0.760. The van der Waals surface area contributed by atoms with E-state index in [1.807, 2.05) is 11.5 Å². The summed E-state index contributed by atoms with van der Waals surface area (Å²) in [4.78, 5) is 12.1. The summed E-state index contributed by atoms with van der Waals surface area (Å²) in [6.07, 6.45) is 0. The maximum atomic E-state index is 12.1. The lowest BCUT2D eigenvalue weighted by molar-refractivity contribution is -0.113. The second kappa shape index (κ2) is 8.04. The number of carbonyl (C=O) groups is 1. The topological polar surface area (TPSA) is 59.8 Å². The van der Waals surface area contributed by atoms with Crippen LogP contribution in [0.15, 0.2) is 23.4 Å². The molecule has 1 amide bonds. The second-order valence-electron chi connectivity index (χ2n) is 5.23. The first-order valence-corrected chi connectivity index (χ1v) is 8.96. The Balaban J connectivity index is 1.99. The van der Waals surface area contributed by atoms with Crippen molar-refractivity contribution < 1.29 is 4.79 Å². The van der Waals surface area contributed by atoms with Crippen LogP contribution in [0.4, 0.5) is 5.69 Å². The molecule has 1 heterocycles. The monoisotopic (exact) mass is 372 g/mol. The molecular weight excluding hydrogens is 355 g/mol. The Kier molecular flexibility index (Phi) is 6.33. The van der Waals surface area contributed by atoms with Crippen molar-refractivity contribution in [1.29, 1.82) is 0 Å². The zero-order valence-corrected chi connectivity index (χ0v) is 15.5. The molecule has 0 aliphatic rings. The summed E-state index contributed by atoms with van der Waals surface area (Å²) in [5.41, 5.74) is 0.577. The summed E-state index contributed by atoms with van der Waals surface area (Å²) < 4.78 is 2.03. The van der Waals surface area contributed by atoms with Crippen molar-refractivity contribution in [2.75, 3.05) is 11.1 Å². The summed E-state index contributed by atoms with van der Waals surface area (Å²) in [5.74, 6) is 1.31. The highest BCUT2D eigenvalue weighted by molar-refractivity contribution is 7.99. The molecule has 0 atom stereocenters. The van der Waals surface area contributed by atoms with Gasteiger partial charge in [0.05, 0.1) is 5.75 Å². The number of nitrogens with one attached hydrogen (secondary N) is 1. The van der Waals surface area contributed by atoms with E-state index in [2.05, 4.69) is 29.4 Å². The van der Waals surface area contributed by atoms with E-state index >= 15 is 0 Å². The molecule has 0 radical (unpaired) electrons. The Morgan fingerprint density at radius 2 is 1.91 bits per heavy atom. The van der Waals surface area contributed by atoms with Crippen LogP contribution >= 0.6 is 35.0 Å². The number of hydrogen-bond acceptors (Lipinski definition) is 4. The first kappa shape index (κ1) is 18.1. The minimum atomic E-state index is -0.148. The van der Waals surface area contributed by atoms with E-state index in [1.54, 1.807) is 18.2 Å². The SMILES string of the molecule is CCn1c(SCC(=O)Nc2cc(Cl)cc(Cl)c2)nnc1C(C)C. The summed E-state index contributed by atoms with van der Waals surface area (Å²) in [7, 11) is 0. The lowest BCUT2D eigenvalue weighted by Gasteiger charge is -2.09. The van der Waals surface area contributed by atoms with Crippen molar-refractivity contribution in [2.45, 2.75) is 38.4 Å². The minimum Gasteiger partial charge on any atom is -0.325 e. The van der Waals surface area contributed by atoms with Crippen LogP contribution in [0.2, 0.25) is 10.0 Å². The van der Waals surface area contributed by atoms with E-state index in [9.17, 15) is 4.79 Å². The maximum absolute atomic E-state index is 12.1. The smallest absolute Gasteiger partial charge is 0.234 e. The third kappa shape index (κ3) is 4.86. The first-order chi connectivity index (χ1) is 10.9. The number of hydrogen-bond donors (Lipinski definition) is 1. The van der Waals surface area contributed by atoms with Crippen molar-refractivity contribution >= 4 is 46.6 Å². The fraction of sp³-hybridized carbons (Fsp3) is 0.400. The third-order valence-corrected chi connectivity index (χ3v) is 4.46. The fourth-order valence-corrected chi connectivity index (χ4v) is 3.42. The van der Waals surface area contributed by atoms with Gasteiger partial charge in [-0.1, -0.05) is 48.8 Å². The van der Waals surface area contributed by atoms with Gasteiger partial charge in [-0.25, -0.2) is 0 Å². The molecule has 23 heavy (non-hydrogen) atoms. The molecule has 0 fully saturated rings. The van der Waals surface area contributed by atoms with Crippen molar-refractivity contribution in [1.82, 2.24) is 14.8 Å². The number of carbonyl (C=O) groups excluding carboxylic acids is 1. The lowest BCUT2D eigenvalue weighted by Crippen LogP contribution is -2.14. The highest BCUT2D eigenvalue weighted by Crippen LogP contribution is 2.24. The summed E-state index contributed by atoms with van der Waals surface area (Å²) in [5, 5.41) is 12.8. The van der Waals surface area contributed by atoms with E-state index in [0.29, 0.717) is 21.7 Å². The van der Waals surface area contributed by atoms with Crippen LogP contribution in [0.5, 0.6) is 0 Å². The molecule has 2 aromatic rings. The normalized spacial score (nSPS) is 11.0. The van der Waals surface area contributed by atoms with Crippen molar-refractivity contribution in [3.63, 3.8) is 0 Å². The Labute approximate surface area is 149 Å². The van der Waals surface area contributed by atoms with E-state index in [0.717, 1.165) is 17.5 Å². The van der Waals surface area contributed by atoms with Gasteiger partial charge in [-0.2, -0.15) is 0 Å². The van der Waals surface area contributed by atoms with Crippen LogP contribution in [0.25, 0.3) is 0 Å². The number of rotatable bonds is 6. The molecule has 0 spiro atoms.